The van der Waals surface area contributed by atoms with Crippen LogP contribution >= 0.6 is 0 Å². The molecule has 0 spiro atoms. The van der Waals surface area contributed by atoms with Gasteiger partial charge >= 0.3 is 0 Å². The fourth-order valence-electron chi connectivity index (χ4n) is 3.10. The molecule has 1 amide bonds. The van der Waals surface area contributed by atoms with Crippen molar-refractivity contribution >= 4 is 5.91 Å². The van der Waals surface area contributed by atoms with E-state index >= 15 is 0 Å². The van der Waals surface area contributed by atoms with Crippen molar-refractivity contribution in [3.63, 3.8) is 0 Å². The lowest BCUT2D eigenvalue weighted by atomic mass is 9.94. The monoisotopic (exact) mass is 267 g/mol. The first-order valence-corrected chi connectivity index (χ1v) is 7.86. The van der Waals surface area contributed by atoms with E-state index in [2.05, 4.69) is 17.3 Å². The zero-order valence-electron chi connectivity index (χ0n) is 12.3. The molecule has 19 heavy (non-hydrogen) atoms. The molecule has 0 aromatic heterocycles. The van der Waals surface area contributed by atoms with Gasteiger partial charge in [-0.25, -0.2) is 0 Å². The Kier molecular flexibility index (Phi) is 5.22. The van der Waals surface area contributed by atoms with Crippen LogP contribution in [0.4, 0.5) is 0 Å². The molecule has 0 aliphatic heterocycles. The average molecular weight is 267 g/mol. The third-order valence-corrected chi connectivity index (χ3v) is 4.90. The largest absolute Gasteiger partial charge is 0.356 e. The van der Waals surface area contributed by atoms with E-state index in [9.17, 15) is 4.79 Å². The second-order valence-corrected chi connectivity index (χ2v) is 6.37. The number of nitrogens with one attached hydrogen (secondary N) is 1. The Morgan fingerprint density at radius 2 is 2.00 bits per heavy atom. The molecule has 0 aromatic rings. The molecule has 110 valence electrons. The van der Waals surface area contributed by atoms with Gasteiger partial charge in [0.1, 0.15) is 0 Å². The van der Waals surface area contributed by atoms with Gasteiger partial charge in [0.05, 0.1) is 5.41 Å². The molecule has 0 aromatic carbocycles. The molecule has 2 saturated carbocycles. The molecule has 2 fully saturated rings. The molecular formula is C15H29N3O. The van der Waals surface area contributed by atoms with E-state index < -0.39 is 0 Å². The summed E-state index contributed by atoms with van der Waals surface area (Å²) in [6, 6.07) is 0.767. The molecular weight excluding hydrogens is 238 g/mol. The number of nitrogens with two attached hydrogens (primary N) is 1. The Morgan fingerprint density at radius 3 is 2.58 bits per heavy atom. The molecule has 4 nitrogen and oxygen atoms in total. The van der Waals surface area contributed by atoms with Gasteiger partial charge < -0.3 is 16.0 Å². The van der Waals surface area contributed by atoms with Crippen LogP contribution in [0.15, 0.2) is 0 Å². The first-order valence-electron chi connectivity index (χ1n) is 7.86. The first kappa shape index (κ1) is 14.8. The Morgan fingerprint density at radius 1 is 1.32 bits per heavy atom. The molecule has 0 radical (unpaired) electrons. The van der Waals surface area contributed by atoms with E-state index in [0.29, 0.717) is 6.54 Å². The summed E-state index contributed by atoms with van der Waals surface area (Å²) < 4.78 is 0. The van der Waals surface area contributed by atoms with E-state index in [-0.39, 0.29) is 11.3 Å². The molecule has 0 heterocycles. The van der Waals surface area contributed by atoms with Crippen LogP contribution < -0.4 is 11.1 Å². The van der Waals surface area contributed by atoms with Crippen molar-refractivity contribution in [2.45, 2.75) is 57.4 Å². The number of nitrogens with zero attached hydrogens (tertiary/aromatic N) is 1. The van der Waals surface area contributed by atoms with Gasteiger partial charge in [-0.2, -0.15) is 0 Å². The summed E-state index contributed by atoms with van der Waals surface area (Å²) in [4.78, 5) is 14.4. The third-order valence-electron chi connectivity index (χ3n) is 4.90. The SMILES string of the molecule is CN(CCCNC(=O)C1(CN)CC1)C1CCCCC1. The van der Waals surface area contributed by atoms with E-state index in [0.717, 1.165) is 38.4 Å². The highest BCUT2D eigenvalue weighted by molar-refractivity contribution is 5.85. The second kappa shape index (κ2) is 6.71. The van der Waals surface area contributed by atoms with Crippen molar-refractivity contribution in [2.24, 2.45) is 11.1 Å². The van der Waals surface area contributed by atoms with Crippen molar-refractivity contribution < 1.29 is 4.79 Å². The predicted molar refractivity (Wildman–Crippen MR) is 77.9 cm³/mol. The Labute approximate surface area is 117 Å². The highest BCUT2D eigenvalue weighted by atomic mass is 16.2. The van der Waals surface area contributed by atoms with Crippen molar-refractivity contribution in [2.75, 3.05) is 26.7 Å². The van der Waals surface area contributed by atoms with E-state index in [4.69, 9.17) is 5.73 Å². The maximum absolute atomic E-state index is 11.9. The fraction of sp³-hybridized carbons (Fsp3) is 0.933. The minimum atomic E-state index is -0.199. The quantitative estimate of drug-likeness (QED) is 0.687. The molecule has 0 unspecified atom stereocenters. The van der Waals surface area contributed by atoms with Gasteiger partial charge in [0.25, 0.3) is 0 Å². The lowest BCUT2D eigenvalue weighted by Crippen LogP contribution is -2.39. The van der Waals surface area contributed by atoms with E-state index in [1.54, 1.807) is 0 Å². The summed E-state index contributed by atoms with van der Waals surface area (Å²) in [7, 11) is 2.22. The van der Waals surface area contributed by atoms with Crippen LogP contribution in [-0.4, -0.2) is 43.5 Å². The first-order chi connectivity index (χ1) is 9.18. The summed E-state index contributed by atoms with van der Waals surface area (Å²) in [5.74, 6) is 0.176. The third kappa shape index (κ3) is 3.93. The number of amides is 1. The highest BCUT2D eigenvalue weighted by Gasteiger charge is 2.48. The zero-order valence-corrected chi connectivity index (χ0v) is 12.3. The summed E-state index contributed by atoms with van der Waals surface area (Å²) in [6.45, 7) is 2.37. The topological polar surface area (TPSA) is 58.4 Å². The van der Waals surface area contributed by atoms with Crippen LogP contribution in [0.1, 0.15) is 51.4 Å². The molecule has 0 atom stereocenters. The number of hydrogen-bond donors (Lipinski definition) is 2. The minimum Gasteiger partial charge on any atom is -0.356 e. The maximum atomic E-state index is 11.9. The average Bonchev–Trinajstić information content (AvgIpc) is 3.25. The second-order valence-electron chi connectivity index (χ2n) is 6.37. The Bertz CT molecular complexity index is 296. The van der Waals surface area contributed by atoms with Crippen LogP contribution in [0.25, 0.3) is 0 Å². The van der Waals surface area contributed by atoms with Crippen LogP contribution in [0.5, 0.6) is 0 Å². The number of carbonyl (C=O) groups is 1. The lowest BCUT2D eigenvalue weighted by molar-refractivity contribution is -0.125. The highest BCUT2D eigenvalue weighted by Crippen LogP contribution is 2.44. The Balaban J connectivity index is 1.57. The number of rotatable bonds is 7. The van der Waals surface area contributed by atoms with Crippen molar-refractivity contribution in [1.29, 1.82) is 0 Å². The van der Waals surface area contributed by atoms with Crippen LogP contribution in [0.3, 0.4) is 0 Å². The zero-order chi connectivity index (χ0) is 13.7. The summed E-state index contributed by atoms with van der Waals surface area (Å²) in [6.07, 6.45) is 9.84. The van der Waals surface area contributed by atoms with Gasteiger partial charge in [0, 0.05) is 19.1 Å². The summed E-state index contributed by atoms with van der Waals surface area (Å²) >= 11 is 0. The van der Waals surface area contributed by atoms with Gasteiger partial charge in [0.15, 0.2) is 0 Å². The van der Waals surface area contributed by atoms with Gasteiger partial charge in [0.2, 0.25) is 5.91 Å². The van der Waals surface area contributed by atoms with E-state index in [1.807, 2.05) is 0 Å². The maximum Gasteiger partial charge on any atom is 0.227 e. The van der Waals surface area contributed by atoms with Crippen LogP contribution in [0.2, 0.25) is 0 Å². The molecule has 4 heteroatoms. The molecule has 0 bridgehead atoms. The van der Waals surface area contributed by atoms with Gasteiger partial charge in [-0.15, -0.1) is 0 Å². The van der Waals surface area contributed by atoms with Crippen LogP contribution in [0, 0.1) is 5.41 Å². The molecule has 3 N–H and O–H groups in total. The normalized spacial score (nSPS) is 22.5. The molecule has 2 aliphatic rings. The number of carbonyl (C=O) groups excluding carboxylic acids is 1. The predicted octanol–water partition coefficient (Wildman–Crippen LogP) is 1.50. The molecule has 0 saturated heterocycles. The van der Waals surface area contributed by atoms with Gasteiger partial charge in [-0.3, -0.25) is 4.79 Å². The minimum absolute atomic E-state index is 0.176. The lowest BCUT2D eigenvalue weighted by Gasteiger charge is -2.31. The Hall–Kier alpha value is -0.610. The molecule has 2 rings (SSSR count). The van der Waals surface area contributed by atoms with Crippen molar-refractivity contribution in [3.8, 4) is 0 Å². The standard InChI is InChI=1S/C15H29N3O/c1-18(13-6-3-2-4-7-13)11-5-10-17-14(19)15(12-16)8-9-15/h13H,2-12,16H2,1H3,(H,17,19). The number of hydrogen-bond acceptors (Lipinski definition) is 3. The summed E-state index contributed by atoms with van der Waals surface area (Å²) in [5, 5.41) is 3.05. The van der Waals surface area contributed by atoms with E-state index in [1.165, 1.54) is 32.1 Å². The smallest absolute Gasteiger partial charge is 0.227 e. The molecule has 2 aliphatic carbocycles. The van der Waals surface area contributed by atoms with Crippen molar-refractivity contribution in [1.82, 2.24) is 10.2 Å². The summed E-state index contributed by atoms with van der Waals surface area (Å²) in [5.41, 5.74) is 5.45. The van der Waals surface area contributed by atoms with Gasteiger partial charge in [-0.05, 0) is 45.7 Å². The fourth-order valence-corrected chi connectivity index (χ4v) is 3.10. The van der Waals surface area contributed by atoms with Crippen LogP contribution in [-0.2, 0) is 4.79 Å². The van der Waals surface area contributed by atoms with Gasteiger partial charge in [-0.1, -0.05) is 19.3 Å². The van der Waals surface area contributed by atoms with Crippen molar-refractivity contribution in [3.05, 3.63) is 0 Å².